The summed E-state index contributed by atoms with van der Waals surface area (Å²) < 4.78 is 10.2. The van der Waals surface area contributed by atoms with Crippen LogP contribution in [0.5, 0.6) is 0 Å². The molecule has 1 aliphatic heterocycles. The number of nitrogens with one attached hydrogen (secondary N) is 1. The van der Waals surface area contributed by atoms with E-state index in [0.717, 1.165) is 12.0 Å². The van der Waals surface area contributed by atoms with E-state index < -0.39 is 23.7 Å². The van der Waals surface area contributed by atoms with Crippen LogP contribution in [-0.2, 0) is 14.3 Å². The molecule has 166 valence electrons. The lowest BCUT2D eigenvalue weighted by Crippen LogP contribution is -2.56. The zero-order valence-electron chi connectivity index (χ0n) is 19.1. The summed E-state index contributed by atoms with van der Waals surface area (Å²) in [5, 5.41) is 3.01. The van der Waals surface area contributed by atoms with Gasteiger partial charge in [-0.3, -0.25) is 9.69 Å². The summed E-state index contributed by atoms with van der Waals surface area (Å²) in [4.78, 5) is 39.0. The normalized spacial score (nSPS) is 19.6. The lowest BCUT2D eigenvalue weighted by molar-refractivity contribution is -0.130. The molecule has 0 radical (unpaired) electrons. The van der Waals surface area contributed by atoms with Crippen molar-refractivity contribution in [2.75, 3.05) is 13.7 Å². The summed E-state index contributed by atoms with van der Waals surface area (Å²) in [6, 6.07) is 6.03. The van der Waals surface area contributed by atoms with Gasteiger partial charge in [0.1, 0.15) is 11.6 Å². The van der Waals surface area contributed by atoms with E-state index in [1.807, 2.05) is 27.7 Å². The van der Waals surface area contributed by atoms with Crippen molar-refractivity contribution in [2.24, 2.45) is 5.41 Å². The third-order valence-electron chi connectivity index (χ3n) is 5.27. The SMILES string of the molecule is COC(=O)c1ccc([C@H](C)NC(=O)C2CC(C)(C)CCN2C(=O)OC(C)(C)C)cc1. The van der Waals surface area contributed by atoms with Gasteiger partial charge in [-0.05, 0) is 63.6 Å². The first kappa shape index (κ1) is 23.7. The molecule has 0 bridgehead atoms. The third kappa shape index (κ3) is 6.21. The second-order valence-corrected chi connectivity index (χ2v) is 9.65. The van der Waals surface area contributed by atoms with Gasteiger partial charge in [-0.15, -0.1) is 0 Å². The van der Waals surface area contributed by atoms with Crippen molar-refractivity contribution in [2.45, 2.75) is 72.1 Å². The van der Waals surface area contributed by atoms with Crippen molar-refractivity contribution in [1.82, 2.24) is 10.2 Å². The molecular formula is C23H34N2O5. The summed E-state index contributed by atoms with van der Waals surface area (Å²) in [6.45, 7) is 12.0. The van der Waals surface area contributed by atoms with Crippen LogP contribution in [0.2, 0.25) is 0 Å². The van der Waals surface area contributed by atoms with Crippen LogP contribution in [0, 0.1) is 5.41 Å². The van der Waals surface area contributed by atoms with Crippen molar-refractivity contribution in [3.05, 3.63) is 35.4 Å². The number of benzene rings is 1. The van der Waals surface area contributed by atoms with E-state index in [9.17, 15) is 14.4 Å². The molecule has 7 heteroatoms. The first-order chi connectivity index (χ1) is 13.8. The molecule has 0 aromatic heterocycles. The molecule has 1 aliphatic rings. The van der Waals surface area contributed by atoms with Crippen molar-refractivity contribution in [3.8, 4) is 0 Å². The lowest BCUT2D eigenvalue weighted by Gasteiger charge is -2.43. The number of rotatable bonds is 4. The Morgan fingerprint density at radius 3 is 2.30 bits per heavy atom. The number of piperidine rings is 1. The highest BCUT2D eigenvalue weighted by atomic mass is 16.6. The molecule has 1 aromatic rings. The van der Waals surface area contributed by atoms with Crippen LogP contribution in [-0.4, -0.2) is 48.2 Å². The maximum atomic E-state index is 13.1. The van der Waals surface area contributed by atoms with E-state index in [1.54, 1.807) is 29.2 Å². The van der Waals surface area contributed by atoms with E-state index in [-0.39, 0.29) is 17.4 Å². The van der Waals surface area contributed by atoms with Crippen LogP contribution >= 0.6 is 0 Å². The number of esters is 1. The zero-order valence-corrected chi connectivity index (χ0v) is 19.1. The van der Waals surface area contributed by atoms with Crippen LogP contribution in [0.15, 0.2) is 24.3 Å². The van der Waals surface area contributed by atoms with Crippen molar-refractivity contribution < 1.29 is 23.9 Å². The average molecular weight is 419 g/mol. The van der Waals surface area contributed by atoms with Gasteiger partial charge in [-0.25, -0.2) is 9.59 Å². The molecule has 1 heterocycles. The van der Waals surface area contributed by atoms with E-state index in [4.69, 9.17) is 9.47 Å². The summed E-state index contributed by atoms with van der Waals surface area (Å²) in [5.74, 6) is -0.617. The first-order valence-corrected chi connectivity index (χ1v) is 10.3. The molecule has 1 aromatic carbocycles. The van der Waals surface area contributed by atoms with Crippen LogP contribution in [0.4, 0.5) is 4.79 Å². The first-order valence-electron chi connectivity index (χ1n) is 10.3. The second-order valence-electron chi connectivity index (χ2n) is 9.65. The third-order valence-corrected chi connectivity index (χ3v) is 5.27. The molecule has 1 fully saturated rings. The Balaban J connectivity index is 2.13. The second kappa shape index (κ2) is 9.06. The van der Waals surface area contributed by atoms with Crippen LogP contribution < -0.4 is 5.32 Å². The van der Waals surface area contributed by atoms with Crippen LogP contribution in [0.1, 0.15) is 76.3 Å². The highest BCUT2D eigenvalue weighted by Crippen LogP contribution is 2.35. The number of ether oxygens (including phenoxy) is 2. The predicted octanol–water partition coefficient (Wildman–Crippen LogP) is 4.08. The van der Waals surface area contributed by atoms with Crippen LogP contribution in [0.25, 0.3) is 0 Å². The number of hydrogen-bond donors (Lipinski definition) is 1. The lowest BCUT2D eigenvalue weighted by atomic mass is 9.78. The Labute approximate surface area is 179 Å². The van der Waals surface area contributed by atoms with E-state index in [1.165, 1.54) is 7.11 Å². The number of hydrogen-bond acceptors (Lipinski definition) is 5. The number of likely N-dealkylation sites (tertiary alicyclic amines) is 1. The fourth-order valence-electron chi connectivity index (χ4n) is 3.51. The molecule has 2 rings (SSSR count). The van der Waals surface area contributed by atoms with Gasteiger partial charge < -0.3 is 14.8 Å². The topological polar surface area (TPSA) is 84.9 Å². The van der Waals surface area contributed by atoms with E-state index >= 15 is 0 Å². The maximum absolute atomic E-state index is 13.1. The van der Waals surface area contributed by atoms with Gasteiger partial charge >= 0.3 is 12.1 Å². The minimum Gasteiger partial charge on any atom is -0.465 e. The van der Waals surface area contributed by atoms with Crippen molar-refractivity contribution in [3.63, 3.8) is 0 Å². The molecule has 30 heavy (non-hydrogen) atoms. The molecule has 0 spiro atoms. The molecule has 0 saturated carbocycles. The molecule has 1 unspecified atom stereocenters. The number of carbonyl (C=O) groups is 3. The number of amides is 2. The molecular weight excluding hydrogens is 384 g/mol. The summed E-state index contributed by atoms with van der Waals surface area (Å²) in [6.07, 6.45) is 0.903. The summed E-state index contributed by atoms with van der Waals surface area (Å²) in [5.41, 5.74) is 0.630. The Bertz CT molecular complexity index is 780. The van der Waals surface area contributed by atoms with E-state index in [2.05, 4.69) is 19.2 Å². The number of methoxy groups -OCH3 is 1. The van der Waals surface area contributed by atoms with Gasteiger partial charge in [0.15, 0.2) is 0 Å². The van der Waals surface area contributed by atoms with Crippen molar-refractivity contribution >= 4 is 18.0 Å². The maximum Gasteiger partial charge on any atom is 0.410 e. The average Bonchev–Trinajstić information content (AvgIpc) is 2.65. The van der Waals surface area contributed by atoms with Gasteiger partial charge in [0.05, 0.1) is 18.7 Å². The largest absolute Gasteiger partial charge is 0.465 e. The van der Waals surface area contributed by atoms with Crippen LogP contribution in [0.3, 0.4) is 0 Å². The molecule has 1 saturated heterocycles. The Morgan fingerprint density at radius 2 is 1.77 bits per heavy atom. The summed E-state index contributed by atoms with van der Waals surface area (Å²) in [7, 11) is 1.33. The van der Waals surface area contributed by atoms with Gasteiger partial charge in [0.2, 0.25) is 5.91 Å². The highest BCUT2D eigenvalue weighted by Gasteiger charge is 2.41. The Kier molecular flexibility index (Phi) is 7.16. The predicted molar refractivity (Wildman–Crippen MR) is 114 cm³/mol. The fourth-order valence-corrected chi connectivity index (χ4v) is 3.51. The Hall–Kier alpha value is -2.57. The van der Waals surface area contributed by atoms with Gasteiger partial charge in [0.25, 0.3) is 0 Å². The minimum absolute atomic E-state index is 0.0497. The van der Waals surface area contributed by atoms with Gasteiger partial charge in [-0.2, -0.15) is 0 Å². The molecule has 0 aliphatic carbocycles. The van der Waals surface area contributed by atoms with E-state index in [0.29, 0.717) is 18.5 Å². The number of nitrogens with zero attached hydrogens (tertiary/aromatic N) is 1. The van der Waals surface area contributed by atoms with Crippen molar-refractivity contribution in [1.29, 1.82) is 0 Å². The molecule has 7 nitrogen and oxygen atoms in total. The monoisotopic (exact) mass is 418 g/mol. The minimum atomic E-state index is -0.625. The smallest absolute Gasteiger partial charge is 0.410 e. The fraction of sp³-hybridized carbons (Fsp3) is 0.609. The molecule has 2 amide bonds. The Morgan fingerprint density at radius 1 is 1.17 bits per heavy atom. The number of carbonyl (C=O) groups excluding carboxylic acids is 3. The molecule has 1 N–H and O–H groups in total. The highest BCUT2D eigenvalue weighted by molar-refractivity contribution is 5.89. The van der Waals surface area contributed by atoms with Gasteiger partial charge in [-0.1, -0.05) is 26.0 Å². The molecule has 2 atom stereocenters. The standard InChI is InChI=1S/C23H34N2O5/c1-15(16-8-10-17(11-9-16)20(27)29-7)24-19(26)18-14-23(5,6)12-13-25(18)21(28)30-22(2,3)4/h8-11,15,18H,12-14H2,1-7H3,(H,24,26)/t15-,18?/m0/s1. The quantitative estimate of drug-likeness (QED) is 0.745. The summed E-state index contributed by atoms with van der Waals surface area (Å²) >= 11 is 0. The van der Waals surface area contributed by atoms with Gasteiger partial charge in [0, 0.05) is 6.54 Å². The zero-order chi connectivity index (χ0) is 22.7.